The highest BCUT2D eigenvalue weighted by atomic mass is 16.5. The maximum atomic E-state index is 10.6. The largest absolute Gasteiger partial charge is 0.394 e. The summed E-state index contributed by atoms with van der Waals surface area (Å²) in [6.07, 6.45) is -5.19. The molecule has 0 aliphatic carbocycles. The molecule has 104 valence electrons. The van der Waals surface area contributed by atoms with Gasteiger partial charge in [0, 0.05) is 5.56 Å². The summed E-state index contributed by atoms with van der Waals surface area (Å²) < 4.78 is 5.39. The van der Waals surface area contributed by atoms with Crippen LogP contribution in [-0.2, 0) is 4.74 Å². The fourth-order valence-electron chi connectivity index (χ4n) is 2.14. The Hall–Kier alpha value is -1.31. The normalized spacial score (nSPS) is 35.1. The number of hydrogen-bond acceptors (Lipinski definition) is 6. The molecular formula is C13H16O6. The van der Waals surface area contributed by atoms with E-state index in [4.69, 9.17) is 9.84 Å². The number of hydrogen-bond donors (Lipinski definition) is 4. The molecule has 4 N–H and O–H groups in total. The zero-order valence-electron chi connectivity index (χ0n) is 10.1. The van der Waals surface area contributed by atoms with Crippen molar-refractivity contribution in [1.82, 2.24) is 0 Å². The molecule has 1 fully saturated rings. The van der Waals surface area contributed by atoms with E-state index in [0.717, 1.165) is 0 Å². The smallest absolute Gasteiger partial charge is 0.150 e. The van der Waals surface area contributed by atoms with Gasteiger partial charge in [0.15, 0.2) is 0 Å². The second-order valence-electron chi connectivity index (χ2n) is 4.53. The Balaban J connectivity index is 2.24. The van der Waals surface area contributed by atoms with Crippen LogP contribution in [0.25, 0.3) is 0 Å². The van der Waals surface area contributed by atoms with E-state index in [-0.39, 0.29) is 0 Å². The highest BCUT2D eigenvalue weighted by Gasteiger charge is 2.43. The lowest BCUT2D eigenvalue weighted by molar-refractivity contribution is -0.231. The van der Waals surface area contributed by atoms with Crippen molar-refractivity contribution >= 4 is 6.29 Å². The van der Waals surface area contributed by atoms with Crippen molar-refractivity contribution in [3.8, 4) is 0 Å². The Morgan fingerprint density at radius 1 is 1.05 bits per heavy atom. The molecule has 0 spiro atoms. The monoisotopic (exact) mass is 268 g/mol. The van der Waals surface area contributed by atoms with Crippen LogP contribution < -0.4 is 0 Å². The van der Waals surface area contributed by atoms with Crippen LogP contribution in [0.4, 0.5) is 0 Å². The zero-order valence-corrected chi connectivity index (χ0v) is 10.1. The van der Waals surface area contributed by atoms with E-state index in [1.807, 2.05) is 0 Å². The topological polar surface area (TPSA) is 107 Å². The lowest BCUT2D eigenvalue weighted by Gasteiger charge is -2.40. The Labute approximate surface area is 109 Å². The molecule has 1 aliphatic heterocycles. The van der Waals surface area contributed by atoms with Crippen molar-refractivity contribution in [3.05, 3.63) is 35.4 Å². The van der Waals surface area contributed by atoms with Crippen LogP contribution in [0.2, 0.25) is 0 Å². The number of carbonyl (C=O) groups excluding carboxylic acids is 1. The van der Waals surface area contributed by atoms with Crippen LogP contribution in [-0.4, -0.2) is 57.7 Å². The third-order valence-electron chi connectivity index (χ3n) is 3.29. The van der Waals surface area contributed by atoms with E-state index in [9.17, 15) is 20.1 Å². The summed E-state index contributed by atoms with van der Waals surface area (Å²) in [5.41, 5.74) is 1.04. The number of aldehydes is 1. The Morgan fingerprint density at radius 3 is 2.21 bits per heavy atom. The van der Waals surface area contributed by atoms with Gasteiger partial charge in [-0.25, -0.2) is 0 Å². The second kappa shape index (κ2) is 5.77. The van der Waals surface area contributed by atoms with Gasteiger partial charge in [0.25, 0.3) is 0 Å². The van der Waals surface area contributed by atoms with Crippen LogP contribution in [0, 0.1) is 0 Å². The first kappa shape index (κ1) is 14.1. The molecule has 1 saturated heterocycles. The molecule has 5 atom stereocenters. The van der Waals surface area contributed by atoms with Crippen molar-refractivity contribution in [1.29, 1.82) is 0 Å². The third kappa shape index (κ3) is 2.68. The predicted molar refractivity (Wildman–Crippen MR) is 64.5 cm³/mol. The van der Waals surface area contributed by atoms with Gasteiger partial charge in [0.05, 0.1) is 6.61 Å². The lowest BCUT2D eigenvalue weighted by atomic mass is 9.91. The van der Waals surface area contributed by atoms with Crippen molar-refractivity contribution in [2.75, 3.05) is 6.61 Å². The molecule has 0 aromatic heterocycles. The molecule has 1 aliphatic rings. The van der Waals surface area contributed by atoms with Crippen LogP contribution in [0.1, 0.15) is 22.0 Å². The number of rotatable bonds is 3. The Morgan fingerprint density at radius 2 is 1.68 bits per heavy atom. The highest BCUT2D eigenvalue weighted by Crippen LogP contribution is 2.32. The van der Waals surface area contributed by atoms with Gasteiger partial charge in [-0.15, -0.1) is 0 Å². The minimum absolute atomic E-state index is 0.464. The van der Waals surface area contributed by atoms with E-state index in [1.54, 1.807) is 24.3 Å². The minimum atomic E-state index is -1.40. The fourth-order valence-corrected chi connectivity index (χ4v) is 2.14. The summed E-state index contributed by atoms with van der Waals surface area (Å²) in [6.45, 7) is -0.464. The molecule has 1 heterocycles. The summed E-state index contributed by atoms with van der Waals surface area (Å²) in [6, 6.07) is 6.31. The van der Waals surface area contributed by atoms with E-state index in [1.165, 1.54) is 0 Å². The molecule has 0 bridgehead atoms. The third-order valence-corrected chi connectivity index (χ3v) is 3.29. The molecule has 0 radical (unpaired) electrons. The predicted octanol–water partition coefficient (Wildman–Crippen LogP) is -0.986. The van der Waals surface area contributed by atoms with Crippen LogP contribution in [0.3, 0.4) is 0 Å². The Bertz CT molecular complexity index is 429. The van der Waals surface area contributed by atoms with E-state index in [0.29, 0.717) is 17.4 Å². The lowest BCUT2D eigenvalue weighted by Crippen LogP contribution is -2.55. The number of ether oxygens (including phenoxy) is 1. The molecule has 19 heavy (non-hydrogen) atoms. The van der Waals surface area contributed by atoms with Crippen molar-refractivity contribution in [3.63, 3.8) is 0 Å². The summed E-state index contributed by atoms with van der Waals surface area (Å²) >= 11 is 0. The van der Waals surface area contributed by atoms with Gasteiger partial charge in [-0.2, -0.15) is 0 Å². The van der Waals surface area contributed by atoms with Gasteiger partial charge < -0.3 is 25.2 Å². The quantitative estimate of drug-likeness (QED) is 0.525. The van der Waals surface area contributed by atoms with Gasteiger partial charge in [-0.1, -0.05) is 24.3 Å². The molecule has 6 nitrogen and oxygen atoms in total. The van der Waals surface area contributed by atoms with Gasteiger partial charge >= 0.3 is 0 Å². The number of aliphatic hydroxyl groups is 4. The van der Waals surface area contributed by atoms with E-state index < -0.39 is 37.1 Å². The standard InChI is InChI=1S/C13H16O6/c14-5-7-1-3-8(4-2-7)13-12(18)11(17)10(16)9(6-15)19-13/h1-5,9-13,15-18H,6H2/t9-,10-,11+,12-,13?/m1/s1. The first-order valence-corrected chi connectivity index (χ1v) is 5.94. The molecule has 0 saturated carbocycles. The van der Waals surface area contributed by atoms with E-state index >= 15 is 0 Å². The van der Waals surface area contributed by atoms with Crippen LogP contribution >= 0.6 is 0 Å². The number of carbonyl (C=O) groups is 1. The zero-order chi connectivity index (χ0) is 14.0. The molecule has 2 rings (SSSR count). The van der Waals surface area contributed by atoms with Crippen LogP contribution in [0.15, 0.2) is 24.3 Å². The first-order chi connectivity index (χ1) is 9.08. The van der Waals surface area contributed by atoms with E-state index in [2.05, 4.69) is 0 Å². The fraction of sp³-hybridized carbons (Fsp3) is 0.462. The number of aliphatic hydroxyl groups excluding tert-OH is 4. The van der Waals surface area contributed by atoms with Gasteiger partial charge in [0.1, 0.15) is 36.8 Å². The number of benzene rings is 1. The summed E-state index contributed by atoms with van der Waals surface area (Å²) in [7, 11) is 0. The average Bonchev–Trinajstić information content (AvgIpc) is 2.45. The van der Waals surface area contributed by atoms with Gasteiger partial charge in [0.2, 0.25) is 0 Å². The van der Waals surface area contributed by atoms with Crippen molar-refractivity contribution in [2.24, 2.45) is 0 Å². The Kier molecular flexibility index (Phi) is 4.28. The molecule has 0 amide bonds. The summed E-state index contributed by atoms with van der Waals surface area (Å²) in [5.74, 6) is 0. The van der Waals surface area contributed by atoms with Crippen molar-refractivity contribution in [2.45, 2.75) is 30.5 Å². The minimum Gasteiger partial charge on any atom is -0.394 e. The molecule has 6 heteroatoms. The van der Waals surface area contributed by atoms with Gasteiger partial charge in [-0.3, -0.25) is 4.79 Å². The van der Waals surface area contributed by atoms with Crippen LogP contribution in [0.5, 0.6) is 0 Å². The first-order valence-electron chi connectivity index (χ1n) is 5.94. The molecule has 1 unspecified atom stereocenters. The molecular weight excluding hydrogens is 252 g/mol. The summed E-state index contributed by atoms with van der Waals surface area (Å²) in [5, 5.41) is 38.3. The maximum Gasteiger partial charge on any atom is 0.150 e. The van der Waals surface area contributed by atoms with Gasteiger partial charge in [-0.05, 0) is 5.56 Å². The average molecular weight is 268 g/mol. The summed E-state index contributed by atoms with van der Waals surface area (Å²) in [4.78, 5) is 10.6. The molecule has 1 aromatic carbocycles. The second-order valence-corrected chi connectivity index (χ2v) is 4.53. The highest BCUT2D eigenvalue weighted by molar-refractivity contribution is 5.74. The molecule has 1 aromatic rings. The maximum absolute atomic E-state index is 10.6. The SMILES string of the molecule is O=Cc1ccc(C2O[C@H](CO)[C@@H](O)[C@H](O)[C@H]2O)cc1. The van der Waals surface area contributed by atoms with Crippen molar-refractivity contribution < 1.29 is 30.0 Å².